The van der Waals surface area contributed by atoms with Crippen molar-refractivity contribution in [2.45, 2.75) is 39.2 Å². The molecule has 0 amide bonds. The molecule has 13 heavy (non-hydrogen) atoms. The Kier molecular flexibility index (Phi) is 4.22. The molecule has 0 aromatic heterocycles. The van der Waals surface area contributed by atoms with E-state index in [0.29, 0.717) is 18.9 Å². The average molecular weight is 186 g/mol. The third-order valence-electron chi connectivity index (χ3n) is 2.44. The fourth-order valence-electron chi connectivity index (χ4n) is 1.38. The van der Waals surface area contributed by atoms with Crippen LogP contribution in [0.4, 0.5) is 0 Å². The quantitative estimate of drug-likeness (QED) is 0.614. The zero-order chi connectivity index (χ0) is 9.68. The molecule has 1 heterocycles. The molecule has 0 N–H and O–H groups in total. The van der Waals surface area contributed by atoms with Crippen LogP contribution in [0.1, 0.15) is 33.1 Å². The third kappa shape index (κ3) is 2.99. The summed E-state index contributed by atoms with van der Waals surface area (Å²) in [5.41, 5.74) is 0. The Hall–Kier alpha value is -0.570. The molecule has 0 aromatic rings. The largest absolute Gasteiger partial charge is 0.463 e. The lowest BCUT2D eigenvalue weighted by molar-refractivity contribution is -0.168. The van der Waals surface area contributed by atoms with Gasteiger partial charge >= 0.3 is 5.97 Å². The van der Waals surface area contributed by atoms with Gasteiger partial charge in [0.25, 0.3) is 0 Å². The van der Waals surface area contributed by atoms with Gasteiger partial charge in [-0.05, 0) is 12.8 Å². The summed E-state index contributed by atoms with van der Waals surface area (Å²) in [7, 11) is 0. The van der Waals surface area contributed by atoms with E-state index in [4.69, 9.17) is 9.47 Å². The Balaban J connectivity index is 2.08. The van der Waals surface area contributed by atoms with Crippen molar-refractivity contribution in [3.05, 3.63) is 0 Å². The summed E-state index contributed by atoms with van der Waals surface area (Å²) in [6.07, 6.45) is 2.63. The van der Waals surface area contributed by atoms with E-state index in [2.05, 4.69) is 6.92 Å². The van der Waals surface area contributed by atoms with Crippen LogP contribution in [0.3, 0.4) is 0 Å². The predicted octanol–water partition coefficient (Wildman–Crippen LogP) is 1.75. The van der Waals surface area contributed by atoms with E-state index >= 15 is 0 Å². The van der Waals surface area contributed by atoms with Crippen LogP contribution in [-0.4, -0.2) is 25.3 Å². The van der Waals surface area contributed by atoms with Gasteiger partial charge in [0.1, 0.15) is 6.61 Å². The summed E-state index contributed by atoms with van der Waals surface area (Å²) < 4.78 is 10.3. The maximum absolute atomic E-state index is 11.0. The topological polar surface area (TPSA) is 35.5 Å². The van der Waals surface area contributed by atoms with Gasteiger partial charge in [0.05, 0.1) is 12.7 Å². The monoisotopic (exact) mass is 186 g/mol. The van der Waals surface area contributed by atoms with Gasteiger partial charge in [-0.2, -0.15) is 0 Å². The second kappa shape index (κ2) is 5.22. The molecule has 0 aliphatic carbocycles. The number of ether oxygens (including phenoxy) is 2. The van der Waals surface area contributed by atoms with Crippen LogP contribution in [0.25, 0.3) is 0 Å². The molecule has 3 nitrogen and oxygen atoms in total. The minimum Gasteiger partial charge on any atom is -0.463 e. The first kappa shape index (κ1) is 10.5. The van der Waals surface area contributed by atoms with E-state index in [1.54, 1.807) is 0 Å². The zero-order valence-corrected chi connectivity index (χ0v) is 8.41. The van der Waals surface area contributed by atoms with Crippen molar-refractivity contribution in [3.8, 4) is 0 Å². The molecule has 2 unspecified atom stereocenters. The number of hydrogen-bond acceptors (Lipinski definition) is 3. The van der Waals surface area contributed by atoms with Crippen molar-refractivity contribution < 1.29 is 14.3 Å². The minimum atomic E-state index is -0.104. The number of rotatable bonds is 5. The molecule has 2 atom stereocenters. The van der Waals surface area contributed by atoms with Gasteiger partial charge in [0, 0.05) is 12.3 Å². The highest BCUT2D eigenvalue weighted by molar-refractivity contribution is 5.69. The van der Waals surface area contributed by atoms with Crippen LogP contribution in [0.2, 0.25) is 0 Å². The molecular weight excluding hydrogens is 168 g/mol. The minimum absolute atomic E-state index is 0.104. The standard InChI is InChI=1S/C10H18O3/c1-3-5-10(11)13-7-9-8(4-2)6-12-9/h8-9H,3-7H2,1-2H3. The van der Waals surface area contributed by atoms with Crippen molar-refractivity contribution >= 4 is 5.97 Å². The van der Waals surface area contributed by atoms with Gasteiger partial charge in [0.2, 0.25) is 0 Å². The number of carbonyl (C=O) groups is 1. The highest BCUT2D eigenvalue weighted by Gasteiger charge is 2.31. The number of esters is 1. The average Bonchev–Trinajstić information content (AvgIpc) is 2.04. The Morgan fingerprint density at radius 1 is 1.54 bits per heavy atom. The fraction of sp³-hybridized carbons (Fsp3) is 0.900. The van der Waals surface area contributed by atoms with E-state index in [0.717, 1.165) is 19.4 Å². The van der Waals surface area contributed by atoms with Crippen LogP contribution in [0.5, 0.6) is 0 Å². The number of hydrogen-bond donors (Lipinski definition) is 0. The van der Waals surface area contributed by atoms with Gasteiger partial charge < -0.3 is 9.47 Å². The van der Waals surface area contributed by atoms with Gasteiger partial charge in [-0.1, -0.05) is 13.8 Å². The van der Waals surface area contributed by atoms with Crippen LogP contribution in [-0.2, 0) is 14.3 Å². The van der Waals surface area contributed by atoms with E-state index in [1.165, 1.54) is 0 Å². The fourth-order valence-corrected chi connectivity index (χ4v) is 1.38. The van der Waals surface area contributed by atoms with E-state index in [-0.39, 0.29) is 12.1 Å². The van der Waals surface area contributed by atoms with Crippen LogP contribution < -0.4 is 0 Å². The maximum atomic E-state index is 11.0. The Morgan fingerprint density at radius 3 is 2.77 bits per heavy atom. The zero-order valence-electron chi connectivity index (χ0n) is 8.41. The van der Waals surface area contributed by atoms with Crippen molar-refractivity contribution in [3.63, 3.8) is 0 Å². The molecule has 0 aromatic carbocycles. The highest BCUT2D eigenvalue weighted by atomic mass is 16.6. The van der Waals surface area contributed by atoms with Gasteiger partial charge in [-0.25, -0.2) is 0 Å². The summed E-state index contributed by atoms with van der Waals surface area (Å²) in [5, 5.41) is 0. The second-order valence-corrected chi connectivity index (χ2v) is 3.47. The van der Waals surface area contributed by atoms with E-state index in [1.807, 2.05) is 6.92 Å². The molecule has 1 fully saturated rings. The normalized spacial score (nSPS) is 26.6. The summed E-state index contributed by atoms with van der Waals surface area (Å²) in [6, 6.07) is 0. The predicted molar refractivity (Wildman–Crippen MR) is 49.4 cm³/mol. The smallest absolute Gasteiger partial charge is 0.305 e. The van der Waals surface area contributed by atoms with Gasteiger partial charge in [-0.15, -0.1) is 0 Å². The Bertz CT molecular complexity index is 166. The lowest BCUT2D eigenvalue weighted by Gasteiger charge is -2.35. The van der Waals surface area contributed by atoms with Gasteiger partial charge in [-0.3, -0.25) is 4.79 Å². The Morgan fingerprint density at radius 2 is 2.31 bits per heavy atom. The first-order valence-electron chi connectivity index (χ1n) is 5.05. The first-order chi connectivity index (χ1) is 6.27. The molecule has 76 valence electrons. The van der Waals surface area contributed by atoms with Crippen LogP contribution in [0, 0.1) is 5.92 Å². The molecule has 1 aliphatic rings. The molecule has 1 aliphatic heterocycles. The van der Waals surface area contributed by atoms with E-state index in [9.17, 15) is 4.79 Å². The Labute approximate surface area is 79.4 Å². The molecule has 1 saturated heterocycles. The SMILES string of the molecule is CCCC(=O)OCC1OCC1CC. The molecule has 3 heteroatoms. The first-order valence-corrected chi connectivity index (χ1v) is 5.05. The summed E-state index contributed by atoms with van der Waals surface area (Å²) in [6.45, 7) is 5.37. The maximum Gasteiger partial charge on any atom is 0.305 e. The van der Waals surface area contributed by atoms with E-state index < -0.39 is 0 Å². The van der Waals surface area contributed by atoms with Crippen molar-refractivity contribution in [1.82, 2.24) is 0 Å². The van der Waals surface area contributed by atoms with Crippen molar-refractivity contribution in [1.29, 1.82) is 0 Å². The van der Waals surface area contributed by atoms with Crippen molar-refractivity contribution in [2.24, 2.45) is 5.92 Å². The molecule has 0 radical (unpaired) electrons. The lowest BCUT2D eigenvalue weighted by atomic mass is 9.96. The molecule has 0 spiro atoms. The lowest BCUT2D eigenvalue weighted by Crippen LogP contribution is -2.43. The number of carbonyl (C=O) groups excluding carboxylic acids is 1. The molecule has 0 saturated carbocycles. The third-order valence-corrected chi connectivity index (χ3v) is 2.44. The summed E-state index contributed by atoms with van der Waals surface area (Å²) >= 11 is 0. The summed E-state index contributed by atoms with van der Waals surface area (Å²) in [4.78, 5) is 11.0. The molecular formula is C10H18O3. The van der Waals surface area contributed by atoms with Crippen LogP contribution >= 0.6 is 0 Å². The summed E-state index contributed by atoms with van der Waals surface area (Å²) in [5.74, 6) is 0.488. The van der Waals surface area contributed by atoms with Crippen molar-refractivity contribution in [2.75, 3.05) is 13.2 Å². The molecule has 1 rings (SSSR count). The molecule has 0 bridgehead atoms. The second-order valence-electron chi connectivity index (χ2n) is 3.47. The highest BCUT2D eigenvalue weighted by Crippen LogP contribution is 2.23. The van der Waals surface area contributed by atoms with Gasteiger partial charge in [0.15, 0.2) is 0 Å². The van der Waals surface area contributed by atoms with Crippen LogP contribution in [0.15, 0.2) is 0 Å².